The van der Waals surface area contributed by atoms with Gasteiger partial charge in [0.25, 0.3) is 0 Å². The number of ether oxygens (including phenoxy) is 1. The molecule has 0 spiro atoms. The number of nitrogens with two attached hydrogens (primary N) is 1. The fourth-order valence-electron chi connectivity index (χ4n) is 2.63. The summed E-state index contributed by atoms with van der Waals surface area (Å²) < 4.78 is 9.26. The zero-order valence-electron chi connectivity index (χ0n) is 12.2. The van der Waals surface area contributed by atoms with Crippen LogP contribution in [-0.2, 0) is 18.2 Å². The molecule has 0 radical (unpaired) electrons. The number of aromatic nitrogens is 4. The van der Waals surface area contributed by atoms with Crippen molar-refractivity contribution in [3.8, 4) is 0 Å². The first kappa shape index (κ1) is 13.9. The van der Waals surface area contributed by atoms with Crippen LogP contribution < -0.4 is 5.73 Å². The Balaban J connectivity index is 2.57. The number of nitrogens with zero attached hydrogens (tertiary/aromatic N) is 4. The molecule has 0 saturated heterocycles. The maximum atomic E-state index is 6.11. The zero-order chi connectivity index (χ0) is 14.0. The minimum absolute atomic E-state index is 0.208. The number of hydrogen-bond acceptors (Lipinski definition) is 4. The van der Waals surface area contributed by atoms with Crippen LogP contribution in [0, 0.1) is 0 Å². The van der Waals surface area contributed by atoms with E-state index >= 15 is 0 Å². The molecule has 0 aliphatic rings. The molecule has 0 aliphatic heterocycles. The second-order valence-electron chi connectivity index (χ2n) is 4.83. The predicted molar refractivity (Wildman–Crippen MR) is 76.1 cm³/mol. The molecule has 0 aromatic carbocycles. The second-order valence-corrected chi connectivity index (χ2v) is 4.83. The van der Waals surface area contributed by atoms with Gasteiger partial charge in [-0.2, -0.15) is 5.10 Å². The Morgan fingerprint density at radius 3 is 2.68 bits per heavy atom. The summed E-state index contributed by atoms with van der Waals surface area (Å²) in [7, 11) is 3.66. The van der Waals surface area contributed by atoms with Gasteiger partial charge in [-0.25, -0.2) is 4.98 Å². The molecule has 2 heterocycles. The fourth-order valence-corrected chi connectivity index (χ4v) is 2.63. The van der Waals surface area contributed by atoms with E-state index in [4.69, 9.17) is 10.5 Å². The standard InChI is InChI=1S/C13H23N5O/c1-5-7-9(8-19-4)18-12-11(15-13(18)14)10(6-2)16-17(12)3/h9H,5-8H2,1-4H3,(H2,14,15). The van der Waals surface area contributed by atoms with Crippen LogP contribution in [0.15, 0.2) is 0 Å². The Hall–Kier alpha value is -1.56. The summed E-state index contributed by atoms with van der Waals surface area (Å²) >= 11 is 0. The third-order valence-electron chi connectivity index (χ3n) is 3.44. The first-order chi connectivity index (χ1) is 9.13. The van der Waals surface area contributed by atoms with Gasteiger partial charge in [-0.05, 0) is 12.8 Å². The molecule has 6 nitrogen and oxygen atoms in total. The molecule has 106 valence electrons. The molecular weight excluding hydrogens is 242 g/mol. The van der Waals surface area contributed by atoms with Gasteiger partial charge in [0.1, 0.15) is 5.52 Å². The van der Waals surface area contributed by atoms with Gasteiger partial charge in [0, 0.05) is 14.2 Å². The van der Waals surface area contributed by atoms with Crippen molar-refractivity contribution in [3.05, 3.63) is 5.69 Å². The Morgan fingerprint density at radius 1 is 1.37 bits per heavy atom. The van der Waals surface area contributed by atoms with Crippen molar-refractivity contribution >= 4 is 17.1 Å². The summed E-state index contributed by atoms with van der Waals surface area (Å²) in [6.07, 6.45) is 2.94. The van der Waals surface area contributed by atoms with Gasteiger partial charge in [-0.15, -0.1) is 0 Å². The van der Waals surface area contributed by atoms with Gasteiger partial charge in [-0.1, -0.05) is 20.3 Å². The zero-order valence-corrected chi connectivity index (χ0v) is 12.2. The molecule has 0 fully saturated rings. The van der Waals surface area contributed by atoms with Crippen molar-refractivity contribution in [1.29, 1.82) is 0 Å². The smallest absolute Gasteiger partial charge is 0.202 e. The van der Waals surface area contributed by atoms with E-state index in [1.807, 2.05) is 11.7 Å². The van der Waals surface area contributed by atoms with Crippen molar-refractivity contribution in [1.82, 2.24) is 19.3 Å². The van der Waals surface area contributed by atoms with Gasteiger partial charge >= 0.3 is 0 Å². The van der Waals surface area contributed by atoms with E-state index in [-0.39, 0.29) is 6.04 Å². The average Bonchev–Trinajstić information content (AvgIpc) is 2.86. The van der Waals surface area contributed by atoms with Crippen molar-refractivity contribution < 1.29 is 4.74 Å². The SMILES string of the molecule is CCCC(COC)n1c(N)nc2c(CC)nn(C)c21. The Labute approximate surface area is 113 Å². The molecule has 2 rings (SSSR count). The molecule has 2 aromatic rings. The van der Waals surface area contributed by atoms with Crippen LogP contribution in [0.3, 0.4) is 0 Å². The largest absolute Gasteiger partial charge is 0.383 e. The van der Waals surface area contributed by atoms with Gasteiger partial charge in [-0.3, -0.25) is 9.25 Å². The van der Waals surface area contributed by atoms with Crippen molar-refractivity contribution in [2.75, 3.05) is 19.5 Å². The topological polar surface area (TPSA) is 70.9 Å². The van der Waals surface area contributed by atoms with E-state index in [0.717, 1.165) is 36.1 Å². The fraction of sp³-hybridized carbons (Fsp3) is 0.692. The van der Waals surface area contributed by atoms with Crippen LogP contribution in [0.2, 0.25) is 0 Å². The molecule has 19 heavy (non-hydrogen) atoms. The summed E-state index contributed by atoms with van der Waals surface area (Å²) in [6.45, 7) is 4.87. The number of anilines is 1. The molecule has 2 aromatic heterocycles. The Bertz CT molecular complexity index is 551. The van der Waals surface area contributed by atoms with Gasteiger partial charge < -0.3 is 10.5 Å². The maximum Gasteiger partial charge on any atom is 0.202 e. The molecule has 0 amide bonds. The number of aryl methyl sites for hydroxylation is 2. The summed E-state index contributed by atoms with van der Waals surface area (Å²) in [4.78, 5) is 4.49. The van der Waals surface area contributed by atoms with E-state index in [2.05, 4.69) is 28.5 Å². The van der Waals surface area contributed by atoms with Crippen molar-refractivity contribution in [2.45, 2.75) is 39.2 Å². The molecule has 1 atom stereocenters. The molecule has 6 heteroatoms. The lowest BCUT2D eigenvalue weighted by molar-refractivity contribution is 0.152. The lowest BCUT2D eigenvalue weighted by atomic mass is 10.2. The third-order valence-corrected chi connectivity index (χ3v) is 3.44. The summed E-state index contributed by atoms with van der Waals surface area (Å²) in [5.74, 6) is 0.549. The van der Waals surface area contributed by atoms with Crippen molar-refractivity contribution in [3.63, 3.8) is 0 Å². The van der Waals surface area contributed by atoms with Crippen LogP contribution in [0.1, 0.15) is 38.4 Å². The van der Waals surface area contributed by atoms with E-state index in [1.165, 1.54) is 0 Å². The monoisotopic (exact) mass is 265 g/mol. The highest BCUT2D eigenvalue weighted by atomic mass is 16.5. The molecule has 2 N–H and O–H groups in total. The summed E-state index contributed by atoms with van der Waals surface area (Å²) in [6, 6.07) is 0.208. The number of hydrogen-bond donors (Lipinski definition) is 1. The van der Waals surface area contributed by atoms with E-state index in [1.54, 1.807) is 7.11 Å². The maximum absolute atomic E-state index is 6.11. The predicted octanol–water partition coefficient (Wildman–Crippen LogP) is 1.90. The number of fused-ring (bicyclic) bond motifs is 1. The Kier molecular flexibility index (Phi) is 4.09. The highest BCUT2D eigenvalue weighted by Gasteiger charge is 2.22. The molecule has 1 unspecified atom stereocenters. The number of methoxy groups -OCH3 is 1. The van der Waals surface area contributed by atoms with Crippen LogP contribution >= 0.6 is 0 Å². The normalized spacial score (nSPS) is 13.3. The first-order valence-corrected chi connectivity index (χ1v) is 6.82. The van der Waals surface area contributed by atoms with Gasteiger partial charge in [0.2, 0.25) is 5.95 Å². The molecule has 0 aliphatic carbocycles. The summed E-state index contributed by atoms with van der Waals surface area (Å²) in [5.41, 5.74) is 9.01. The Morgan fingerprint density at radius 2 is 2.11 bits per heavy atom. The number of rotatable bonds is 6. The third kappa shape index (κ3) is 2.32. The second kappa shape index (κ2) is 5.61. The molecule has 0 bridgehead atoms. The number of nitrogen functional groups attached to an aromatic ring is 1. The first-order valence-electron chi connectivity index (χ1n) is 6.82. The highest BCUT2D eigenvalue weighted by molar-refractivity contribution is 5.78. The summed E-state index contributed by atoms with van der Waals surface area (Å²) in [5, 5.41) is 4.51. The molecular formula is C13H23N5O. The number of imidazole rings is 1. The van der Waals surface area contributed by atoms with Crippen LogP contribution in [0.25, 0.3) is 11.2 Å². The van der Waals surface area contributed by atoms with E-state index < -0.39 is 0 Å². The van der Waals surface area contributed by atoms with Crippen molar-refractivity contribution in [2.24, 2.45) is 7.05 Å². The minimum atomic E-state index is 0.208. The lowest BCUT2D eigenvalue weighted by Gasteiger charge is -2.19. The minimum Gasteiger partial charge on any atom is -0.383 e. The molecule has 0 saturated carbocycles. The van der Waals surface area contributed by atoms with E-state index in [9.17, 15) is 0 Å². The highest BCUT2D eigenvalue weighted by Crippen LogP contribution is 2.27. The lowest BCUT2D eigenvalue weighted by Crippen LogP contribution is -2.18. The van der Waals surface area contributed by atoms with Crippen LogP contribution in [-0.4, -0.2) is 33.0 Å². The van der Waals surface area contributed by atoms with E-state index in [0.29, 0.717) is 12.6 Å². The van der Waals surface area contributed by atoms with Crippen LogP contribution in [0.4, 0.5) is 5.95 Å². The van der Waals surface area contributed by atoms with Gasteiger partial charge in [0.05, 0.1) is 18.3 Å². The average molecular weight is 265 g/mol. The van der Waals surface area contributed by atoms with Crippen LogP contribution in [0.5, 0.6) is 0 Å². The quantitative estimate of drug-likeness (QED) is 0.866. The van der Waals surface area contributed by atoms with Gasteiger partial charge in [0.15, 0.2) is 5.65 Å².